The molecule has 1 fully saturated rings. The Morgan fingerprint density at radius 1 is 1.40 bits per heavy atom. The van der Waals surface area contributed by atoms with Crippen LogP contribution in [0.3, 0.4) is 0 Å². The highest BCUT2D eigenvalue weighted by molar-refractivity contribution is 6.03. The van der Waals surface area contributed by atoms with Gasteiger partial charge in [-0.3, -0.25) is 9.59 Å². The van der Waals surface area contributed by atoms with Crippen molar-refractivity contribution in [2.45, 2.75) is 12.0 Å². The van der Waals surface area contributed by atoms with E-state index < -0.39 is 11.5 Å². The van der Waals surface area contributed by atoms with E-state index >= 15 is 0 Å². The quantitative estimate of drug-likeness (QED) is 0.645. The van der Waals surface area contributed by atoms with Gasteiger partial charge < -0.3 is 25.0 Å². The molecule has 0 radical (unpaired) electrons. The van der Waals surface area contributed by atoms with Crippen LogP contribution in [-0.2, 0) is 9.53 Å². The predicted molar refractivity (Wildman–Crippen MR) is 108 cm³/mol. The number of nitriles is 1. The lowest BCUT2D eigenvalue weighted by molar-refractivity contribution is -0.128. The number of hydrogen-bond donors (Lipinski definition) is 2. The van der Waals surface area contributed by atoms with Crippen LogP contribution in [0, 0.1) is 11.3 Å². The maximum Gasteiger partial charge on any atom is 0.273 e. The van der Waals surface area contributed by atoms with Gasteiger partial charge in [0, 0.05) is 57.8 Å². The van der Waals surface area contributed by atoms with Crippen LogP contribution in [0.2, 0.25) is 0 Å². The van der Waals surface area contributed by atoms with Crippen molar-refractivity contribution in [3.63, 3.8) is 0 Å². The van der Waals surface area contributed by atoms with E-state index in [0.717, 1.165) is 0 Å². The zero-order valence-corrected chi connectivity index (χ0v) is 16.7. The van der Waals surface area contributed by atoms with Gasteiger partial charge in [-0.1, -0.05) is 0 Å². The third-order valence-corrected chi connectivity index (χ3v) is 4.78. The molecule has 0 saturated carbocycles. The van der Waals surface area contributed by atoms with Crippen LogP contribution in [0.1, 0.15) is 16.8 Å². The molecule has 0 spiro atoms. The third-order valence-electron chi connectivity index (χ3n) is 4.78. The summed E-state index contributed by atoms with van der Waals surface area (Å²) in [5.74, 6) is 0.0815. The van der Waals surface area contributed by atoms with Gasteiger partial charge in [0.2, 0.25) is 5.60 Å². The van der Waals surface area contributed by atoms with Gasteiger partial charge in [0.25, 0.3) is 11.8 Å². The number of aromatic nitrogens is 2. The number of nitrogens with one attached hydrogen (secondary N) is 1. The average Bonchev–Trinajstić information content (AvgIpc) is 3.07. The van der Waals surface area contributed by atoms with E-state index in [-0.39, 0.29) is 18.9 Å². The molecule has 2 N–H and O–H groups in total. The number of hydrogen-bond acceptors (Lipinski definition) is 8. The topological polar surface area (TPSA) is 132 Å². The van der Waals surface area contributed by atoms with Crippen molar-refractivity contribution >= 4 is 29.1 Å². The molecule has 0 aliphatic carbocycles. The zero-order chi connectivity index (χ0) is 21.7. The lowest BCUT2D eigenvalue weighted by Gasteiger charge is -2.18. The molecule has 1 aliphatic rings. The molecule has 1 saturated heterocycles. The normalized spacial score (nSPS) is 18.2. The number of nitrogens with zero attached hydrogens (tertiary/aromatic N) is 5. The highest BCUT2D eigenvalue weighted by atomic mass is 16.5. The van der Waals surface area contributed by atoms with Gasteiger partial charge in [0.1, 0.15) is 17.7 Å². The van der Waals surface area contributed by atoms with Crippen molar-refractivity contribution in [2.75, 3.05) is 44.1 Å². The number of carbonyl (C=O) groups is 2. The maximum atomic E-state index is 12.3. The van der Waals surface area contributed by atoms with Crippen LogP contribution in [0.5, 0.6) is 0 Å². The number of aliphatic hydroxyl groups is 1. The molecule has 30 heavy (non-hydrogen) atoms. The third kappa shape index (κ3) is 4.37. The van der Waals surface area contributed by atoms with E-state index in [2.05, 4.69) is 15.3 Å². The molecule has 1 atom stereocenters. The van der Waals surface area contributed by atoms with Gasteiger partial charge in [-0.2, -0.15) is 5.26 Å². The molecule has 2 amide bonds. The molecule has 2 aromatic heterocycles. The Balaban J connectivity index is 1.69. The number of methoxy groups -OCH3 is 1. The largest absolute Gasteiger partial charge is 0.383 e. The van der Waals surface area contributed by atoms with Crippen LogP contribution in [0.4, 0.5) is 17.3 Å². The summed E-state index contributed by atoms with van der Waals surface area (Å²) < 4.78 is 4.97. The summed E-state index contributed by atoms with van der Waals surface area (Å²) in [7, 11) is 3.27. The zero-order valence-electron chi connectivity index (χ0n) is 16.7. The first-order valence-corrected chi connectivity index (χ1v) is 9.27. The van der Waals surface area contributed by atoms with E-state index in [4.69, 9.17) is 10.00 Å². The minimum absolute atomic E-state index is 0.0449. The number of amides is 2. The molecule has 0 aromatic carbocycles. The molecule has 156 valence electrons. The molecule has 10 heteroatoms. The predicted octanol–water partition coefficient (Wildman–Crippen LogP) is 0.930. The summed E-state index contributed by atoms with van der Waals surface area (Å²) in [5, 5.41) is 22.1. The SMILES string of the molecule is COCCN(C)C(=O)c1ccc(Nc2cc(N3CC[C@](O)(C#N)C3=O)ccn2)nc1. The maximum absolute atomic E-state index is 12.3. The first kappa shape index (κ1) is 21.2. The Hall–Kier alpha value is -3.55. The minimum atomic E-state index is -1.99. The highest BCUT2D eigenvalue weighted by Gasteiger charge is 2.46. The lowest BCUT2D eigenvalue weighted by atomic mass is 10.1. The lowest BCUT2D eigenvalue weighted by Crippen LogP contribution is -2.38. The first-order chi connectivity index (χ1) is 14.4. The van der Waals surface area contributed by atoms with Crippen LogP contribution in [0.15, 0.2) is 36.7 Å². The standard InChI is InChI=1S/C20H22N6O4/c1-25(9-10-30-2)18(27)14-3-4-16(23-12-14)24-17-11-15(5-7-22-17)26-8-6-20(29,13-21)19(26)28/h3-5,7,11-12,29H,6,8-10H2,1-2H3,(H,22,23,24)/t20-/m0/s1. The van der Waals surface area contributed by atoms with Gasteiger partial charge in [-0.15, -0.1) is 0 Å². The molecule has 10 nitrogen and oxygen atoms in total. The van der Waals surface area contributed by atoms with Crippen molar-refractivity contribution in [1.29, 1.82) is 5.26 Å². The Morgan fingerprint density at radius 2 is 2.20 bits per heavy atom. The monoisotopic (exact) mass is 410 g/mol. The summed E-state index contributed by atoms with van der Waals surface area (Å²) in [5.41, 5.74) is -1.04. The van der Waals surface area contributed by atoms with E-state index in [1.165, 1.54) is 17.3 Å². The summed E-state index contributed by atoms with van der Waals surface area (Å²) >= 11 is 0. The summed E-state index contributed by atoms with van der Waals surface area (Å²) in [6.07, 6.45) is 3.02. The summed E-state index contributed by atoms with van der Waals surface area (Å²) in [6.45, 7) is 1.16. The van der Waals surface area contributed by atoms with E-state index in [1.54, 1.807) is 49.4 Å². The molecule has 2 aromatic rings. The smallest absolute Gasteiger partial charge is 0.273 e. The van der Waals surface area contributed by atoms with Crippen LogP contribution >= 0.6 is 0 Å². The van der Waals surface area contributed by atoms with Crippen molar-refractivity contribution in [3.05, 3.63) is 42.2 Å². The Bertz CT molecular complexity index is 974. The highest BCUT2D eigenvalue weighted by Crippen LogP contribution is 2.29. The Labute approximate surface area is 173 Å². The fraction of sp³-hybridized carbons (Fsp3) is 0.350. The van der Waals surface area contributed by atoms with Crippen LogP contribution in [0.25, 0.3) is 0 Å². The molecular formula is C20H22N6O4. The molecule has 0 unspecified atom stereocenters. The number of ether oxygens (including phenoxy) is 1. The van der Waals surface area contributed by atoms with Crippen LogP contribution < -0.4 is 10.2 Å². The number of carbonyl (C=O) groups excluding carboxylic acids is 2. The molecule has 0 bridgehead atoms. The van der Waals surface area contributed by atoms with Gasteiger partial charge in [-0.25, -0.2) is 9.97 Å². The van der Waals surface area contributed by atoms with Gasteiger partial charge in [0.05, 0.1) is 12.2 Å². The van der Waals surface area contributed by atoms with E-state index in [0.29, 0.717) is 36.0 Å². The van der Waals surface area contributed by atoms with Crippen molar-refractivity contribution in [1.82, 2.24) is 14.9 Å². The van der Waals surface area contributed by atoms with Crippen molar-refractivity contribution < 1.29 is 19.4 Å². The second-order valence-corrected chi connectivity index (χ2v) is 6.85. The fourth-order valence-electron chi connectivity index (χ4n) is 2.99. The molecular weight excluding hydrogens is 388 g/mol. The molecule has 3 heterocycles. The Morgan fingerprint density at radius 3 is 2.83 bits per heavy atom. The fourth-order valence-corrected chi connectivity index (χ4v) is 2.99. The summed E-state index contributed by atoms with van der Waals surface area (Å²) in [6, 6.07) is 8.22. The molecule has 3 rings (SSSR count). The number of likely N-dealkylation sites (N-methyl/N-ethyl adjacent to an activating group) is 1. The minimum Gasteiger partial charge on any atom is -0.383 e. The molecule has 1 aliphatic heterocycles. The second-order valence-electron chi connectivity index (χ2n) is 6.85. The van der Waals surface area contributed by atoms with E-state index in [1.807, 2.05) is 0 Å². The van der Waals surface area contributed by atoms with Gasteiger partial charge in [0.15, 0.2) is 0 Å². The van der Waals surface area contributed by atoms with Gasteiger partial charge >= 0.3 is 0 Å². The van der Waals surface area contributed by atoms with Crippen molar-refractivity contribution in [3.8, 4) is 6.07 Å². The second kappa shape index (κ2) is 8.86. The van der Waals surface area contributed by atoms with Crippen molar-refractivity contribution in [2.24, 2.45) is 0 Å². The van der Waals surface area contributed by atoms with E-state index in [9.17, 15) is 14.7 Å². The number of pyridine rings is 2. The van der Waals surface area contributed by atoms with Crippen LogP contribution in [-0.4, -0.2) is 71.2 Å². The number of anilines is 3. The number of rotatable bonds is 7. The van der Waals surface area contributed by atoms with Gasteiger partial charge in [-0.05, 0) is 18.2 Å². The average molecular weight is 410 g/mol. The first-order valence-electron chi connectivity index (χ1n) is 9.27. The Kier molecular flexibility index (Phi) is 6.25. The summed E-state index contributed by atoms with van der Waals surface area (Å²) in [4.78, 5) is 36.0.